The standard InChI is InChI=1S/C23H28BrClN2O3/c1-4-5-12-26-23(29)17(3)27(14-18-8-6-16(2)7-9-18)22(28)15-30-21-11-10-19(24)13-20(21)25/h6-11,13,17H,4-5,12,14-15H2,1-3H3,(H,26,29)/t17-/m1/s1. The van der Waals surface area contributed by atoms with E-state index < -0.39 is 6.04 Å². The van der Waals surface area contributed by atoms with E-state index >= 15 is 0 Å². The van der Waals surface area contributed by atoms with Crippen molar-refractivity contribution in [3.05, 3.63) is 63.1 Å². The zero-order valence-electron chi connectivity index (χ0n) is 17.6. The van der Waals surface area contributed by atoms with Gasteiger partial charge in [-0.25, -0.2) is 0 Å². The molecule has 0 aliphatic heterocycles. The van der Waals surface area contributed by atoms with Crippen LogP contribution in [0.15, 0.2) is 46.9 Å². The number of carbonyl (C=O) groups is 2. The number of carbonyl (C=O) groups excluding carboxylic acids is 2. The summed E-state index contributed by atoms with van der Waals surface area (Å²) in [5, 5.41) is 3.31. The van der Waals surface area contributed by atoms with Crippen LogP contribution >= 0.6 is 27.5 Å². The van der Waals surface area contributed by atoms with Gasteiger partial charge >= 0.3 is 0 Å². The van der Waals surface area contributed by atoms with Crippen LogP contribution in [-0.4, -0.2) is 35.9 Å². The molecule has 0 saturated heterocycles. The number of unbranched alkanes of at least 4 members (excludes halogenated alkanes) is 1. The summed E-state index contributed by atoms with van der Waals surface area (Å²) in [5.74, 6) is -0.0400. The summed E-state index contributed by atoms with van der Waals surface area (Å²) < 4.78 is 6.47. The molecule has 0 aliphatic carbocycles. The third kappa shape index (κ3) is 7.33. The molecule has 7 heteroatoms. The van der Waals surface area contributed by atoms with Crippen molar-refractivity contribution in [3.63, 3.8) is 0 Å². The number of hydrogen-bond donors (Lipinski definition) is 1. The first-order valence-corrected chi connectivity index (χ1v) is 11.2. The van der Waals surface area contributed by atoms with E-state index in [0.29, 0.717) is 23.9 Å². The molecule has 5 nitrogen and oxygen atoms in total. The minimum absolute atomic E-state index is 0.175. The van der Waals surface area contributed by atoms with E-state index in [1.807, 2.05) is 31.2 Å². The van der Waals surface area contributed by atoms with Crippen molar-refractivity contribution >= 4 is 39.3 Å². The van der Waals surface area contributed by atoms with E-state index in [-0.39, 0.29) is 18.4 Å². The summed E-state index contributed by atoms with van der Waals surface area (Å²) in [5.41, 5.74) is 2.08. The Labute approximate surface area is 191 Å². The number of aryl methyl sites for hydroxylation is 1. The van der Waals surface area contributed by atoms with E-state index in [1.54, 1.807) is 30.0 Å². The van der Waals surface area contributed by atoms with Crippen molar-refractivity contribution in [1.82, 2.24) is 10.2 Å². The molecule has 0 aliphatic rings. The Balaban J connectivity index is 2.12. The van der Waals surface area contributed by atoms with Gasteiger partial charge in [-0.3, -0.25) is 9.59 Å². The minimum Gasteiger partial charge on any atom is -0.482 e. The van der Waals surface area contributed by atoms with Gasteiger partial charge in [0.25, 0.3) is 5.91 Å². The van der Waals surface area contributed by atoms with Gasteiger partial charge in [0.15, 0.2) is 6.61 Å². The number of ether oxygens (including phenoxy) is 1. The lowest BCUT2D eigenvalue weighted by atomic mass is 10.1. The third-order valence-corrected chi connectivity index (χ3v) is 5.50. The molecule has 0 saturated carbocycles. The molecule has 2 aromatic rings. The first kappa shape index (κ1) is 24.2. The Kier molecular flexibility index (Phi) is 9.66. The van der Waals surface area contributed by atoms with Crippen LogP contribution in [0.1, 0.15) is 37.8 Å². The lowest BCUT2D eigenvalue weighted by Crippen LogP contribution is -2.49. The van der Waals surface area contributed by atoms with Crippen LogP contribution in [0.3, 0.4) is 0 Å². The molecular formula is C23H28BrClN2O3. The normalized spacial score (nSPS) is 11.6. The van der Waals surface area contributed by atoms with Gasteiger partial charge in [0.1, 0.15) is 11.8 Å². The van der Waals surface area contributed by atoms with Crippen LogP contribution in [0.5, 0.6) is 5.75 Å². The van der Waals surface area contributed by atoms with Crippen molar-refractivity contribution in [2.24, 2.45) is 0 Å². The molecular weight excluding hydrogens is 468 g/mol. The van der Waals surface area contributed by atoms with Gasteiger partial charge in [-0.2, -0.15) is 0 Å². The SMILES string of the molecule is CCCCNC(=O)[C@@H](C)N(Cc1ccc(C)cc1)C(=O)COc1ccc(Br)cc1Cl. The first-order valence-electron chi connectivity index (χ1n) is 10.0. The fourth-order valence-corrected chi connectivity index (χ4v) is 3.55. The smallest absolute Gasteiger partial charge is 0.261 e. The molecule has 30 heavy (non-hydrogen) atoms. The van der Waals surface area contributed by atoms with Crippen LogP contribution in [-0.2, 0) is 16.1 Å². The van der Waals surface area contributed by atoms with Gasteiger partial charge in [-0.1, -0.05) is 70.7 Å². The van der Waals surface area contributed by atoms with Crippen LogP contribution in [0.25, 0.3) is 0 Å². The second kappa shape index (κ2) is 12.0. The molecule has 2 aromatic carbocycles. The summed E-state index contributed by atoms with van der Waals surface area (Å²) in [7, 11) is 0. The maximum absolute atomic E-state index is 13.0. The van der Waals surface area contributed by atoms with Crippen molar-refractivity contribution in [3.8, 4) is 5.75 Å². The number of hydrogen-bond acceptors (Lipinski definition) is 3. The summed E-state index contributed by atoms with van der Waals surface area (Å²) in [6.45, 7) is 6.51. The zero-order valence-corrected chi connectivity index (χ0v) is 19.9. The number of halogens is 2. The van der Waals surface area contributed by atoms with Crippen LogP contribution in [0.2, 0.25) is 5.02 Å². The maximum Gasteiger partial charge on any atom is 0.261 e. The Bertz CT molecular complexity index is 858. The topological polar surface area (TPSA) is 58.6 Å². The molecule has 0 spiro atoms. The lowest BCUT2D eigenvalue weighted by Gasteiger charge is -2.29. The highest BCUT2D eigenvalue weighted by atomic mass is 79.9. The monoisotopic (exact) mass is 494 g/mol. The number of nitrogens with zero attached hydrogens (tertiary/aromatic N) is 1. The predicted molar refractivity (Wildman–Crippen MR) is 124 cm³/mol. The average molecular weight is 496 g/mol. The molecule has 2 amide bonds. The molecule has 162 valence electrons. The molecule has 1 atom stereocenters. The molecule has 0 heterocycles. The van der Waals surface area contributed by atoms with Gasteiger partial charge in [0.05, 0.1) is 5.02 Å². The molecule has 0 fully saturated rings. The quantitative estimate of drug-likeness (QED) is 0.465. The molecule has 0 radical (unpaired) electrons. The average Bonchev–Trinajstić information content (AvgIpc) is 2.72. The molecule has 0 bridgehead atoms. The van der Waals surface area contributed by atoms with Crippen LogP contribution in [0.4, 0.5) is 0 Å². The van der Waals surface area contributed by atoms with E-state index in [9.17, 15) is 9.59 Å². The molecule has 1 N–H and O–H groups in total. The summed E-state index contributed by atoms with van der Waals surface area (Å²) in [6.07, 6.45) is 1.89. The van der Waals surface area contributed by atoms with Gasteiger partial charge < -0.3 is 15.0 Å². The van der Waals surface area contributed by atoms with Gasteiger partial charge in [-0.05, 0) is 44.0 Å². The Morgan fingerprint density at radius 3 is 2.53 bits per heavy atom. The predicted octanol–water partition coefficient (Wildman–Crippen LogP) is 5.12. The van der Waals surface area contributed by atoms with Crippen molar-refractivity contribution in [2.75, 3.05) is 13.2 Å². The fraction of sp³-hybridized carbons (Fsp3) is 0.391. The van der Waals surface area contributed by atoms with Crippen molar-refractivity contribution < 1.29 is 14.3 Å². The fourth-order valence-electron chi connectivity index (χ4n) is 2.82. The Morgan fingerprint density at radius 2 is 1.90 bits per heavy atom. The van der Waals surface area contributed by atoms with Crippen LogP contribution < -0.4 is 10.1 Å². The highest BCUT2D eigenvalue weighted by molar-refractivity contribution is 9.10. The maximum atomic E-state index is 13.0. The van der Waals surface area contributed by atoms with E-state index in [0.717, 1.165) is 28.4 Å². The number of amides is 2. The van der Waals surface area contributed by atoms with Gasteiger partial charge in [0.2, 0.25) is 5.91 Å². The highest BCUT2D eigenvalue weighted by Gasteiger charge is 2.26. The molecule has 0 unspecified atom stereocenters. The zero-order chi connectivity index (χ0) is 22.1. The van der Waals surface area contributed by atoms with E-state index in [2.05, 4.69) is 28.2 Å². The van der Waals surface area contributed by atoms with Crippen molar-refractivity contribution in [2.45, 2.75) is 46.2 Å². The van der Waals surface area contributed by atoms with E-state index in [4.69, 9.17) is 16.3 Å². The summed E-state index contributed by atoms with van der Waals surface area (Å²) >= 11 is 9.52. The number of rotatable bonds is 10. The van der Waals surface area contributed by atoms with Gasteiger partial charge in [0, 0.05) is 17.6 Å². The molecule has 2 rings (SSSR count). The molecule has 0 aromatic heterocycles. The Morgan fingerprint density at radius 1 is 1.20 bits per heavy atom. The van der Waals surface area contributed by atoms with Gasteiger partial charge in [-0.15, -0.1) is 0 Å². The minimum atomic E-state index is -0.625. The Hall–Kier alpha value is -2.05. The largest absolute Gasteiger partial charge is 0.482 e. The summed E-state index contributed by atoms with van der Waals surface area (Å²) in [4.78, 5) is 27.2. The number of nitrogens with one attached hydrogen (secondary N) is 1. The lowest BCUT2D eigenvalue weighted by molar-refractivity contribution is -0.142. The highest BCUT2D eigenvalue weighted by Crippen LogP contribution is 2.27. The third-order valence-electron chi connectivity index (χ3n) is 4.72. The number of benzene rings is 2. The van der Waals surface area contributed by atoms with E-state index in [1.165, 1.54) is 0 Å². The van der Waals surface area contributed by atoms with Crippen molar-refractivity contribution in [1.29, 1.82) is 0 Å². The van der Waals surface area contributed by atoms with Crippen LogP contribution in [0, 0.1) is 6.92 Å². The second-order valence-electron chi connectivity index (χ2n) is 7.19. The summed E-state index contributed by atoms with van der Waals surface area (Å²) in [6, 6.07) is 12.5. The first-order chi connectivity index (χ1) is 14.3. The second-order valence-corrected chi connectivity index (χ2v) is 8.51.